The molecule has 0 unspecified atom stereocenters. The van der Waals surface area contributed by atoms with Crippen molar-refractivity contribution < 1.29 is 9.59 Å². The van der Waals surface area contributed by atoms with Crippen LogP contribution in [0.25, 0.3) is 0 Å². The molecule has 25 heavy (non-hydrogen) atoms. The van der Waals surface area contributed by atoms with Gasteiger partial charge in [0.25, 0.3) is 5.91 Å². The van der Waals surface area contributed by atoms with Crippen molar-refractivity contribution in [2.24, 2.45) is 5.92 Å². The van der Waals surface area contributed by atoms with Gasteiger partial charge in [0.1, 0.15) is 0 Å². The van der Waals surface area contributed by atoms with E-state index in [-0.39, 0.29) is 17.7 Å². The molecule has 0 spiro atoms. The first-order chi connectivity index (χ1) is 12.2. The summed E-state index contributed by atoms with van der Waals surface area (Å²) < 4.78 is 0. The number of anilines is 1. The van der Waals surface area contributed by atoms with E-state index in [9.17, 15) is 9.59 Å². The van der Waals surface area contributed by atoms with Crippen LogP contribution in [0.4, 0.5) is 5.69 Å². The Balaban J connectivity index is 1.38. The molecular formula is C20H21N3O2. The van der Waals surface area contributed by atoms with E-state index in [2.05, 4.69) is 34.1 Å². The van der Waals surface area contributed by atoms with E-state index >= 15 is 0 Å². The molecule has 4 rings (SSSR count). The molecule has 128 valence electrons. The number of amides is 2. The van der Waals surface area contributed by atoms with Crippen LogP contribution in [0.1, 0.15) is 39.9 Å². The van der Waals surface area contributed by atoms with E-state index in [4.69, 9.17) is 0 Å². The van der Waals surface area contributed by atoms with E-state index in [0.29, 0.717) is 17.8 Å². The fourth-order valence-electron chi connectivity index (χ4n) is 3.07. The summed E-state index contributed by atoms with van der Waals surface area (Å²) in [6.07, 6.45) is 1.92. The second-order valence-electron chi connectivity index (χ2n) is 6.73. The van der Waals surface area contributed by atoms with Crippen LogP contribution in [0.15, 0.2) is 42.5 Å². The molecule has 2 aromatic carbocycles. The number of carbonyl (C=O) groups is 2. The summed E-state index contributed by atoms with van der Waals surface area (Å²) >= 11 is 0. The van der Waals surface area contributed by atoms with Gasteiger partial charge in [-0.05, 0) is 47.7 Å². The van der Waals surface area contributed by atoms with Gasteiger partial charge in [-0.25, -0.2) is 0 Å². The Labute approximate surface area is 146 Å². The molecular weight excluding hydrogens is 314 g/mol. The van der Waals surface area contributed by atoms with Gasteiger partial charge in [0, 0.05) is 36.8 Å². The number of fused-ring (bicyclic) bond motifs is 1. The van der Waals surface area contributed by atoms with Crippen molar-refractivity contribution in [1.82, 2.24) is 10.6 Å². The summed E-state index contributed by atoms with van der Waals surface area (Å²) in [5.41, 5.74) is 4.95. The average molecular weight is 335 g/mol. The lowest BCUT2D eigenvalue weighted by Gasteiger charge is -2.09. The summed E-state index contributed by atoms with van der Waals surface area (Å²) in [5.74, 6) is 0.0530. The molecule has 0 bridgehead atoms. The maximum Gasteiger partial charge on any atom is 0.251 e. The third-order valence-corrected chi connectivity index (χ3v) is 4.70. The molecule has 1 fully saturated rings. The molecule has 0 radical (unpaired) electrons. The average Bonchev–Trinajstić information content (AvgIpc) is 3.38. The molecule has 1 heterocycles. The van der Waals surface area contributed by atoms with Crippen LogP contribution in [-0.2, 0) is 24.4 Å². The highest BCUT2D eigenvalue weighted by molar-refractivity contribution is 5.98. The molecule has 0 aromatic heterocycles. The Morgan fingerprint density at radius 2 is 1.88 bits per heavy atom. The quantitative estimate of drug-likeness (QED) is 0.786. The highest BCUT2D eigenvalue weighted by atomic mass is 16.2. The summed E-state index contributed by atoms with van der Waals surface area (Å²) in [5, 5.41) is 9.14. The third-order valence-electron chi connectivity index (χ3n) is 4.70. The van der Waals surface area contributed by atoms with Crippen LogP contribution >= 0.6 is 0 Å². The van der Waals surface area contributed by atoms with Gasteiger partial charge in [-0.1, -0.05) is 24.3 Å². The first-order valence-corrected chi connectivity index (χ1v) is 8.69. The second kappa shape index (κ2) is 6.69. The van der Waals surface area contributed by atoms with Crippen LogP contribution in [0.3, 0.4) is 0 Å². The Morgan fingerprint density at radius 3 is 2.72 bits per heavy atom. The maximum absolute atomic E-state index is 12.4. The zero-order valence-corrected chi connectivity index (χ0v) is 14.0. The van der Waals surface area contributed by atoms with Gasteiger partial charge >= 0.3 is 0 Å². The molecule has 1 aliphatic carbocycles. The highest BCUT2D eigenvalue weighted by Crippen LogP contribution is 2.30. The summed E-state index contributed by atoms with van der Waals surface area (Å²) in [4.78, 5) is 24.2. The molecule has 0 saturated heterocycles. The normalized spacial score (nSPS) is 15.5. The number of rotatable bonds is 5. The van der Waals surface area contributed by atoms with E-state index in [1.165, 1.54) is 11.1 Å². The van der Waals surface area contributed by atoms with Gasteiger partial charge in [-0.15, -0.1) is 0 Å². The fourth-order valence-corrected chi connectivity index (χ4v) is 3.07. The Bertz CT molecular complexity index is 827. The van der Waals surface area contributed by atoms with Crippen molar-refractivity contribution in [3.63, 3.8) is 0 Å². The van der Waals surface area contributed by atoms with Crippen molar-refractivity contribution in [3.8, 4) is 0 Å². The van der Waals surface area contributed by atoms with Crippen LogP contribution in [0, 0.1) is 5.92 Å². The lowest BCUT2D eigenvalue weighted by atomic mass is 10.1. The summed E-state index contributed by atoms with van der Waals surface area (Å²) in [7, 11) is 0. The van der Waals surface area contributed by atoms with Gasteiger partial charge in [-0.2, -0.15) is 0 Å². The van der Waals surface area contributed by atoms with Crippen molar-refractivity contribution >= 4 is 17.5 Å². The van der Waals surface area contributed by atoms with Gasteiger partial charge in [-0.3, -0.25) is 9.59 Å². The third kappa shape index (κ3) is 3.72. The largest absolute Gasteiger partial charge is 0.348 e. The van der Waals surface area contributed by atoms with Crippen molar-refractivity contribution in [2.75, 3.05) is 5.32 Å². The van der Waals surface area contributed by atoms with E-state index in [0.717, 1.165) is 31.5 Å². The second-order valence-corrected chi connectivity index (χ2v) is 6.73. The smallest absolute Gasteiger partial charge is 0.251 e. The number of nitrogens with one attached hydrogen (secondary N) is 3. The molecule has 1 aliphatic heterocycles. The maximum atomic E-state index is 12.4. The van der Waals surface area contributed by atoms with Gasteiger partial charge in [0.15, 0.2) is 0 Å². The molecule has 3 N–H and O–H groups in total. The van der Waals surface area contributed by atoms with Crippen molar-refractivity contribution in [2.45, 2.75) is 32.5 Å². The SMILES string of the molecule is O=C(NCc1ccc2c(c1)CNC2)c1cccc(NC(=O)C2CC2)c1. The molecule has 1 saturated carbocycles. The summed E-state index contributed by atoms with van der Waals surface area (Å²) in [6, 6.07) is 13.4. The molecule has 0 atom stereocenters. The number of carbonyl (C=O) groups excluding carboxylic acids is 2. The topological polar surface area (TPSA) is 70.2 Å². The van der Waals surface area contributed by atoms with Crippen LogP contribution in [0.2, 0.25) is 0 Å². The van der Waals surface area contributed by atoms with Gasteiger partial charge in [0.2, 0.25) is 5.91 Å². The van der Waals surface area contributed by atoms with E-state index in [1.54, 1.807) is 18.2 Å². The molecule has 2 aliphatic rings. The van der Waals surface area contributed by atoms with E-state index in [1.807, 2.05) is 6.07 Å². The van der Waals surface area contributed by atoms with Crippen LogP contribution in [0.5, 0.6) is 0 Å². The monoisotopic (exact) mass is 335 g/mol. The Morgan fingerprint density at radius 1 is 1.04 bits per heavy atom. The van der Waals surface area contributed by atoms with Gasteiger partial charge < -0.3 is 16.0 Å². The lowest BCUT2D eigenvalue weighted by Crippen LogP contribution is -2.23. The summed E-state index contributed by atoms with van der Waals surface area (Å²) in [6.45, 7) is 2.30. The Hall–Kier alpha value is -2.66. The first-order valence-electron chi connectivity index (χ1n) is 8.69. The van der Waals surface area contributed by atoms with Crippen LogP contribution in [-0.4, -0.2) is 11.8 Å². The zero-order valence-electron chi connectivity index (χ0n) is 14.0. The van der Waals surface area contributed by atoms with E-state index < -0.39 is 0 Å². The zero-order chi connectivity index (χ0) is 17.2. The van der Waals surface area contributed by atoms with Gasteiger partial charge in [0.05, 0.1) is 0 Å². The fraction of sp³-hybridized carbons (Fsp3) is 0.300. The first kappa shape index (κ1) is 15.8. The van der Waals surface area contributed by atoms with Crippen LogP contribution < -0.4 is 16.0 Å². The number of benzene rings is 2. The predicted molar refractivity (Wildman–Crippen MR) is 96.0 cm³/mol. The Kier molecular flexibility index (Phi) is 4.24. The highest BCUT2D eigenvalue weighted by Gasteiger charge is 2.29. The molecule has 5 heteroatoms. The molecule has 2 amide bonds. The molecule has 5 nitrogen and oxygen atoms in total. The van der Waals surface area contributed by atoms with Crippen molar-refractivity contribution in [1.29, 1.82) is 0 Å². The number of hydrogen-bond acceptors (Lipinski definition) is 3. The minimum absolute atomic E-state index is 0.0457. The lowest BCUT2D eigenvalue weighted by molar-refractivity contribution is -0.117. The minimum atomic E-state index is -0.138. The molecule has 2 aromatic rings. The standard InChI is InChI=1S/C20H21N3O2/c24-19(22-10-13-4-5-16-11-21-12-17(16)8-13)15-2-1-3-18(9-15)23-20(25)14-6-7-14/h1-5,8-9,14,21H,6-7,10-12H2,(H,22,24)(H,23,25). The minimum Gasteiger partial charge on any atom is -0.348 e. The number of hydrogen-bond donors (Lipinski definition) is 3. The predicted octanol–water partition coefficient (Wildman–Crippen LogP) is 2.57. The van der Waals surface area contributed by atoms with Crippen molar-refractivity contribution in [3.05, 3.63) is 64.7 Å².